The fraction of sp³-hybridized carbons (Fsp3) is 0.562. The number of carbonyl (C=O) groups is 1. The maximum Gasteiger partial charge on any atom is 0.226 e. The Kier molecular flexibility index (Phi) is 4.33. The van der Waals surface area contributed by atoms with Crippen molar-refractivity contribution in [3.05, 3.63) is 23.8 Å². The summed E-state index contributed by atoms with van der Waals surface area (Å²) < 4.78 is 0. The van der Waals surface area contributed by atoms with Gasteiger partial charge in [0.05, 0.1) is 5.69 Å². The molecule has 0 radical (unpaired) electrons. The summed E-state index contributed by atoms with van der Waals surface area (Å²) in [5, 5.41) is 16.0. The summed E-state index contributed by atoms with van der Waals surface area (Å²) in [5.41, 5.74) is 1.57. The maximum atomic E-state index is 12.0. The van der Waals surface area contributed by atoms with E-state index in [9.17, 15) is 9.90 Å². The molecule has 2 rings (SSSR count). The third-order valence-corrected chi connectivity index (χ3v) is 3.73. The number of carbonyl (C=O) groups excluding carboxylic acids is 1. The normalized spacial score (nSPS) is 19.1. The van der Waals surface area contributed by atoms with Gasteiger partial charge in [-0.1, -0.05) is 26.8 Å². The summed E-state index contributed by atoms with van der Waals surface area (Å²) in [6.07, 6.45) is 2.63. The van der Waals surface area contributed by atoms with Gasteiger partial charge in [0.1, 0.15) is 5.75 Å². The molecule has 1 saturated heterocycles. The van der Waals surface area contributed by atoms with E-state index in [-0.39, 0.29) is 23.1 Å². The Hall–Kier alpha value is -1.55. The lowest BCUT2D eigenvalue weighted by Gasteiger charge is -2.20. The number of hydrogen-bond acceptors (Lipinski definition) is 3. The number of rotatable bonds is 3. The molecule has 1 aromatic carbocycles. The van der Waals surface area contributed by atoms with Gasteiger partial charge < -0.3 is 15.7 Å². The highest BCUT2D eigenvalue weighted by Crippen LogP contribution is 2.30. The molecule has 0 unspecified atom stereocenters. The molecule has 1 fully saturated rings. The number of phenols is 1. The van der Waals surface area contributed by atoms with Crippen molar-refractivity contribution in [2.24, 2.45) is 0 Å². The first-order chi connectivity index (χ1) is 9.36. The van der Waals surface area contributed by atoms with Gasteiger partial charge in [-0.2, -0.15) is 0 Å². The van der Waals surface area contributed by atoms with Crippen LogP contribution in [0.15, 0.2) is 18.2 Å². The van der Waals surface area contributed by atoms with Crippen LogP contribution < -0.4 is 10.6 Å². The summed E-state index contributed by atoms with van der Waals surface area (Å²) in [6, 6.07) is 5.66. The Morgan fingerprint density at radius 2 is 2.20 bits per heavy atom. The molecule has 1 heterocycles. The van der Waals surface area contributed by atoms with Gasteiger partial charge >= 0.3 is 0 Å². The van der Waals surface area contributed by atoms with Gasteiger partial charge in [-0.25, -0.2) is 0 Å². The topological polar surface area (TPSA) is 61.4 Å². The van der Waals surface area contributed by atoms with Crippen molar-refractivity contribution in [3.63, 3.8) is 0 Å². The summed E-state index contributed by atoms with van der Waals surface area (Å²) >= 11 is 0. The largest absolute Gasteiger partial charge is 0.506 e. The second kappa shape index (κ2) is 5.83. The van der Waals surface area contributed by atoms with Crippen LogP contribution in [0.2, 0.25) is 0 Å². The van der Waals surface area contributed by atoms with Crippen LogP contribution in [0.1, 0.15) is 45.6 Å². The highest BCUT2D eigenvalue weighted by molar-refractivity contribution is 5.92. The molecule has 4 nitrogen and oxygen atoms in total. The average molecular weight is 276 g/mol. The van der Waals surface area contributed by atoms with E-state index >= 15 is 0 Å². The highest BCUT2D eigenvalue weighted by atomic mass is 16.3. The van der Waals surface area contributed by atoms with Crippen molar-refractivity contribution < 1.29 is 9.90 Å². The fourth-order valence-corrected chi connectivity index (χ4v) is 2.46. The standard InChI is InChI=1S/C16H24N2O2/c1-16(2,3)11-6-7-14(19)13(9-11)18-15(20)10-12-5-4-8-17-12/h6-7,9,12,17,19H,4-5,8,10H2,1-3H3,(H,18,20)/t12-/m0/s1. The number of amides is 1. The number of benzene rings is 1. The van der Waals surface area contributed by atoms with E-state index < -0.39 is 0 Å². The summed E-state index contributed by atoms with van der Waals surface area (Å²) in [6.45, 7) is 7.30. The zero-order valence-electron chi connectivity index (χ0n) is 12.5. The molecule has 0 aromatic heterocycles. The average Bonchev–Trinajstić information content (AvgIpc) is 2.83. The predicted molar refractivity (Wildman–Crippen MR) is 81.1 cm³/mol. The molecule has 0 bridgehead atoms. The van der Waals surface area contributed by atoms with Crippen molar-refractivity contribution in [2.75, 3.05) is 11.9 Å². The smallest absolute Gasteiger partial charge is 0.226 e. The third-order valence-electron chi connectivity index (χ3n) is 3.73. The fourth-order valence-electron chi connectivity index (χ4n) is 2.46. The molecule has 0 aliphatic carbocycles. The second-order valence-electron chi connectivity index (χ2n) is 6.53. The lowest BCUT2D eigenvalue weighted by Crippen LogP contribution is -2.27. The van der Waals surface area contributed by atoms with Gasteiger partial charge in [0, 0.05) is 12.5 Å². The van der Waals surface area contributed by atoms with E-state index in [1.165, 1.54) is 0 Å². The first-order valence-corrected chi connectivity index (χ1v) is 7.23. The van der Waals surface area contributed by atoms with Crippen LogP contribution in [0.3, 0.4) is 0 Å². The van der Waals surface area contributed by atoms with Crippen LogP contribution in [-0.4, -0.2) is 23.6 Å². The van der Waals surface area contributed by atoms with Crippen LogP contribution in [0.5, 0.6) is 5.75 Å². The molecular formula is C16H24N2O2. The first-order valence-electron chi connectivity index (χ1n) is 7.23. The number of phenolic OH excluding ortho intramolecular Hbond substituents is 1. The molecular weight excluding hydrogens is 252 g/mol. The number of aromatic hydroxyl groups is 1. The molecule has 1 atom stereocenters. The molecule has 0 saturated carbocycles. The molecule has 1 aliphatic heterocycles. The molecule has 4 heteroatoms. The predicted octanol–water partition coefficient (Wildman–Crippen LogP) is 2.77. The van der Waals surface area contributed by atoms with E-state index in [1.807, 2.05) is 12.1 Å². The summed E-state index contributed by atoms with van der Waals surface area (Å²) in [5.74, 6) is 0.0662. The van der Waals surface area contributed by atoms with Crippen molar-refractivity contribution in [2.45, 2.75) is 51.5 Å². The minimum absolute atomic E-state index is 0.0137. The summed E-state index contributed by atoms with van der Waals surface area (Å²) in [4.78, 5) is 12.0. The second-order valence-corrected chi connectivity index (χ2v) is 6.53. The quantitative estimate of drug-likeness (QED) is 0.744. The molecule has 1 aromatic rings. The van der Waals surface area contributed by atoms with Crippen LogP contribution in [0.25, 0.3) is 0 Å². The van der Waals surface area contributed by atoms with E-state index in [4.69, 9.17) is 0 Å². The van der Waals surface area contributed by atoms with Crippen molar-refractivity contribution in [3.8, 4) is 5.75 Å². The Bertz CT molecular complexity index is 486. The van der Waals surface area contributed by atoms with Gasteiger partial charge in [0.15, 0.2) is 0 Å². The number of nitrogens with one attached hydrogen (secondary N) is 2. The minimum Gasteiger partial charge on any atom is -0.506 e. The SMILES string of the molecule is CC(C)(C)c1ccc(O)c(NC(=O)C[C@@H]2CCCN2)c1. The van der Waals surface area contributed by atoms with Crippen LogP contribution in [0.4, 0.5) is 5.69 Å². The Balaban J connectivity index is 2.06. The van der Waals surface area contributed by atoms with E-state index in [1.54, 1.807) is 6.07 Å². The van der Waals surface area contributed by atoms with E-state index in [0.717, 1.165) is 24.9 Å². The molecule has 0 spiro atoms. The van der Waals surface area contributed by atoms with E-state index in [0.29, 0.717) is 12.1 Å². The minimum atomic E-state index is -0.0502. The zero-order valence-corrected chi connectivity index (χ0v) is 12.5. The summed E-state index contributed by atoms with van der Waals surface area (Å²) in [7, 11) is 0. The highest BCUT2D eigenvalue weighted by Gasteiger charge is 2.19. The van der Waals surface area contributed by atoms with E-state index in [2.05, 4.69) is 31.4 Å². The Morgan fingerprint density at radius 3 is 2.80 bits per heavy atom. The lowest BCUT2D eigenvalue weighted by molar-refractivity contribution is -0.116. The molecule has 20 heavy (non-hydrogen) atoms. The zero-order chi connectivity index (χ0) is 14.8. The molecule has 3 N–H and O–H groups in total. The lowest BCUT2D eigenvalue weighted by atomic mass is 9.87. The molecule has 1 aliphatic rings. The van der Waals surface area contributed by atoms with Crippen LogP contribution >= 0.6 is 0 Å². The van der Waals surface area contributed by atoms with Crippen molar-refractivity contribution in [1.82, 2.24) is 5.32 Å². The Morgan fingerprint density at radius 1 is 1.45 bits per heavy atom. The van der Waals surface area contributed by atoms with Crippen molar-refractivity contribution in [1.29, 1.82) is 0 Å². The van der Waals surface area contributed by atoms with Gasteiger partial charge in [-0.15, -0.1) is 0 Å². The first kappa shape index (κ1) is 14.9. The van der Waals surface area contributed by atoms with Gasteiger partial charge in [-0.3, -0.25) is 4.79 Å². The Labute approximate surface area is 120 Å². The maximum absolute atomic E-state index is 12.0. The van der Waals surface area contributed by atoms with Crippen molar-refractivity contribution >= 4 is 11.6 Å². The molecule has 1 amide bonds. The number of hydrogen-bond donors (Lipinski definition) is 3. The number of anilines is 1. The van der Waals surface area contributed by atoms with Crippen LogP contribution in [0, 0.1) is 0 Å². The monoisotopic (exact) mass is 276 g/mol. The van der Waals surface area contributed by atoms with Gasteiger partial charge in [0.25, 0.3) is 0 Å². The van der Waals surface area contributed by atoms with Gasteiger partial charge in [0.2, 0.25) is 5.91 Å². The van der Waals surface area contributed by atoms with Crippen LogP contribution in [-0.2, 0) is 10.2 Å². The molecule has 110 valence electrons. The third kappa shape index (κ3) is 3.73. The van der Waals surface area contributed by atoms with Gasteiger partial charge in [-0.05, 0) is 42.5 Å².